The van der Waals surface area contributed by atoms with E-state index in [0.717, 1.165) is 0 Å². The Morgan fingerprint density at radius 3 is 2.43 bits per heavy atom. The molecule has 2 aliphatic rings. The van der Waals surface area contributed by atoms with Gasteiger partial charge in [-0.2, -0.15) is 0 Å². The number of carbonyl (C=O) groups excluding carboxylic acids is 3. The second kappa shape index (κ2) is 8.08. The first-order valence-electron chi connectivity index (χ1n) is 9.24. The van der Waals surface area contributed by atoms with Crippen LogP contribution in [-0.2, 0) is 14.3 Å². The van der Waals surface area contributed by atoms with Gasteiger partial charge in [-0.3, -0.25) is 14.4 Å². The van der Waals surface area contributed by atoms with Gasteiger partial charge in [0.05, 0.1) is 34.2 Å². The van der Waals surface area contributed by atoms with Gasteiger partial charge in [0, 0.05) is 44.5 Å². The van der Waals surface area contributed by atoms with Gasteiger partial charge in [-0.15, -0.1) is 0 Å². The quantitative estimate of drug-likeness (QED) is 0.709. The van der Waals surface area contributed by atoms with E-state index in [1.54, 1.807) is 24.1 Å². The van der Waals surface area contributed by atoms with Crippen LogP contribution in [-0.4, -0.2) is 62.6 Å². The number of rotatable bonds is 5. The summed E-state index contributed by atoms with van der Waals surface area (Å²) in [5.74, 6) is 0.915. The van der Waals surface area contributed by atoms with Crippen LogP contribution in [0.2, 0.25) is 0 Å². The molecule has 0 N–H and O–H groups in total. The van der Waals surface area contributed by atoms with Gasteiger partial charge in [0.15, 0.2) is 5.78 Å². The van der Waals surface area contributed by atoms with Crippen molar-refractivity contribution in [2.24, 2.45) is 0 Å². The van der Waals surface area contributed by atoms with E-state index in [1.165, 1.54) is 14.2 Å². The topological polar surface area (TPSA) is 91.4 Å². The number of benzene rings is 1. The first-order chi connectivity index (χ1) is 13.4. The standard InChI is InChI=1S/C20H25NO7/c1-25-13-10-15(26-2)19-14(22)12-20(28-16(19)11-13)6-8-21(9-7-20)17(23)4-5-18(24)27-3/h10-11H,4-9,12H2,1-3H3. The van der Waals surface area contributed by atoms with E-state index < -0.39 is 11.6 Å². The van der Waals surface area contributed by atoms with Crippen LogP contribution in [0.25, 0.3) is 0 Å². The van der Waals surface area contributed by atoms with Gasteiger partial charge in [-0.25, -0.2) is 0 Å². The molecule has 1 aromatic rings. The number of amides is 1. The van der Waals surface area contributed by atoms with Crippen LogP contribution >= 0.6 is 0 Å². The lowest BCUT2D eigenvalue weighted by Gasteiger charge is -2.44. The first-order valence-corrected chi connectivity index (χ1v) is 9.24. The lowest BCUT2D eigenvalue weighted by molar-refractivity contribution is -0.144. The van der Waals surface area contributed by atoms with Crippen LogP contribution in [0.3, 0.4) is 0 Å². The number of methoxy groups -OCH3 is 3. The number of piperidine rings is 1. The number of fused-ring (bicyclic) bond motifs is 1. The number of esters is 1. The summed E-state index contributed by atoms with van der Waals surface area (Å²) in [5, 5.41) is 0. The summed E-state index contributed by atoms with van der Waals surface area (Å²) >= 11 is 0. The van der Waals surface area contributed by atoms with E-state index in [9.17, 15) is 14.4 Å². The average Bonchev–Trinajstić information content (AvgIpc) is 2.70. The largest absolute Gasteiger partial charge is 0.496 e. The molecule has 1 fully saturated rings. The molecule has 152 valence electrons. The maximum absolute atomic E-state index is 12.8. The second-order valence-electron chi connectivity index (χ2n) is 7.04. The summed E-state index contributed by atoms with van der Waals surface area (Å²) in [4.78, 5) is 38.1. The summed E-state index contributed by atoms with van der Waals surface area (Å²) in [7, 11) is 4.35. The molecule has 0 atom stereocenters. The monoisotopic (exact) mass is 391 g/mol. The third-order valence-electron chi connectivity index (χ3n) is 5.38. The summed E-state index contributed by atoms with van der Waals surface area (Å²) in [6, 6.07) is 3.37. The van der Waals surface area contributed by atoms with Crippen molar-refractivity contribution in [3.63, 3.8) is 0 Å². The molecule has 0 aromatic heterocycles. The molecule has 1 saturated heterocycles. The SMILES string of the molecule is COC(=O)CCC(=O)N1CCC2(CC1)CC(=O)c1c(OC)cc(OC)cc1O2. The number of carbonyl (C=O) groups is 3. The predicted molar refractivity (Wildman–Crippen MR) is 98.9 cm³/mol. The fraction of sp³-hybridized carbons (Fsp3) is 0.550. The zero-order valence-corrected chi connectivity index (χ0v) is 16.4. The summed E-state index contributed by atoms with van der Waals surface area (Å²) in [6.07, 6.45) is 1.52. The van der Waals surface area contributed by atoms with Crippen LogP contribution in [0.4, 0.5) is 0 Å². The van der Waals surface area contributed by atoms with Gasteiger partial charge in [0.1, 0.15) is 28.4 Å². The van der Waals surface area contributed by atoms with Gasteiger partial charge in [-0.05, 0) is 0 Å². The third kappa shape index (κ3) is 3.90. The minimum Gasteiger partial charge on any atom is -0.496 e. The number of nitrogens with zero attached hydrogens (tertiary/aromatic N) is 1. The van der Waals surface area contributed by atoms with Crippen molar-refractivity contribution in [2.75, 3.05) is 34.4 Å². The highest BCUT2D eigenvalue weighted by molar-refractivity contribution is 6.03. The van der Waals surface area contributed by atoms with Gasteiger partial charge < -0.3 is 23.8 Å². The first kappa shape index (κ1) is 20.0. The number of ether oxygens (including phenoxy) is 4. The van der Waals surface area contributed by atoms with Crippen LogP contribution in [0, 0.1) is 0 Å². The minimum absolute atomic E-state index is 0.0359. The molecule has 1 amide bonds. The predicted octanol–water partition coefficient (Wildman–Crippen LogP) is 1.98. The normalized spacial score (nSPS) is 17.5. The maximum atomic E-state index is 12.8. The second-order valence-corrected chi connectivity index (χ2v) is 7.04. The van der Waals surface area contributed by atoms with Crippen LogP contribution in [0.15, 0.2) is 12.1 Å². The van der Waals surface area contributed by atoms with Crippen LogP contribution in [0.5, 0.6) is 17.2 Å². The average molecular weight is 391 g/mol. The van der Waals surface area contributed by atoms with E-state index in [1.807, 2.05) is 0 Å². The fourth-order valence-corrected chi connectivity index (χ4v) is 3.76. The number of Topliss-reactive ketones (excluding diaryl/α,β-unsaturated/α-hetero) is 1. The van der Waals surface area contributed by atoms with E-state index in [4.69, 9.17) is 14.2 Å². The Morgan fingerprint density at radius 2 is 1.82 bits per heavy atom. The summed E-state index contributed by atoms with van der Waals surface area (Å²) in [6.45, 7) is 0.952. The molecule has 1 aromatic carbocycles. The van der Waals surface area contributed by atoms with E-state index >= 15 is 0 Å². The minimum atomic E-state index is -0.638. The molecule has 2 heterocycles. The molecular weight excluding hydrogens is 366 g/mol. The Bertz CT molecular complexity index is 781. The van der Waals surface area contributed by atoms with Gasteiger partial charge >= 0.3 is 5.97 Å². The zero-order chi connectivity index (χ0) is 20.3. The van der Waals surface area contributed by atoms with Crippen molar-refractivity contribution in [1.29, 1.82) is 0 Å². The van der Waals surface area contributed by atoms with E-state index in [-0.39, 0.29) is 31.0 Å². The molecule has 0 bridgehead atoms. The number of ketones is 1. The molecule has 28 heavy (non-hydrogen) atoms. The lowest BCUT2D eigenvalue weighted by atomic mass is 9.82. The highest BCUT2D eigenvalue weighted by Gasteiger charge is 2.44. The van der Waals surface area contributed by atoms with Crippen molar-refractivity contribution < 1.29 is 33.3 Å². The van der Waals surface area contributed by atoms with Crippen molar-refractivity contribution in [3.05, 3.63) is 17.7 Å². The Hall–Kier alpha value is -2.77. The Labute approximate surface area is 163 Å². The lowest BCUT2D eigenvalue weighted by Crippen LogP contribution is -2.52. The zero-order valence-electron chi connectivity index (χ0n) is 16.4. The van der Waals surface area contributed by atoms with Gasteiger partial charge in [0.25, 0.3) is 0 Å². The fourth-order valence-electron chi connectivity index (χ4n) is 3.76. The smallest absolute Gasteiger partial charge is 0.306 e. The van der Waals surface area contributed by atoms with Crippen LogP contribution < -0.4 is 14.2 Å². The van der Waals surface area contributed by atoms with Gasteiger partial charge in [0.2, 0.25) is 5.91 Å². The molecule has 1 spiro atoms. The number of hydrogen-bond acceptors (Lipinski definition) is 7. The molecule has 8 nitrogen and oxygen atoms in total. The van der Waals surface area contributed by atoms with Crippen molar-refractivity contribution in [3.8, 4) is 17.2 Å². The Morgan fingerprint density at radius 1 is 1.11 bits per heavy atom. The molecule has 0 radical (unpaired) electrons. The third-order valence-corrected chi connectivity index (χ3v) is 5.38. The van der Waals surface area contributed by atoms with E-state index in [0.29, 0.717) is 48.7 Å². The van der Waals surface area contributed by atoms with Crippen molar-refractivity contribution >= 4 is 17.7 Å². The van der Waals surface area contributed by atoms with Crippen molar-refractivity contribution in [1.82, 2.24) is 4.90 Å². The molecule has 3 rings (SSSR count). The molecular formula is C20H25NO7. The molecule has 0 aliphatic carbocycles. The highest BCUT2D eigenvalue weighted by Crippen LogP contribution is 2.44. The van der Waals surface area contributed by atoms with E-state index in [2.05, 4.69) is 4.74 Å². The number of hydrogen-bond donors (Lipinski definition) is 0. The Balaban J connectivity index is 1.70. The maximum Gasteiger partial charge on any atom is 0.306 e. The summed E-state index contributed by atoms with van der Waals surface area (Å²) in [5.41, 5.74) is -0.203. The highest BCUT2D eigenvalue weighted by atomic mass is 16.5. The van der Waals surface area contributed by atoms with Crippen LogP contribution in [0.1, 0.15) is 42.5 Å². The molecule has 0 unspecified atom stereocenters. The Kier molecular flexibility index (Phi) is 5.76. The van der Waals surface area contributed by atoms with Gasteiger partial charge in [-0.1, -0.05) is 0 Å². The van der Waals surface area contributed by atoms with Crippen molar-refractivity contribution in [2.45, 2.75) is 37.7 Å². The molecule has 2 aliphatic heterocycles. The molecule has 0 saturated carbocycles. The molecule has 8 heteroatoms. The summed E-state index contributed by atoms with van der Waals surface area (Å²) < 4.78 is 21.4. The number of likely N-dealkylation sites (tertiary alicyclic amines) is 1.